The summed E-state index contributed by atoms with van der Waals surface area (Å²) in [4.78, 5) is 20.4. The van der Waals surface area contributed by atoms with Gasteiger partial charge in [-0.1, -0.05) is 11.6 Å². The molecule has 8 heteroatoms. The number of amides is 1. The zero-order valence-corrected chi connectivity index (χ0v) is 17.0. The lowest BCUT2D eigenvalue weighted by Crippen LogP contribution is -2.55. The molecule has 1 saturated heterocycles. The highest BCUT2D eigenvalue weighted by Gasteiger charge is 2.35. The van der Waals surface area contributed by atoms with Crippen molar-refractivity contribution in [2.24, 2.45) is 0 Å². The Hall–Kier alpha value is -2.48. The average Bonchev–Trinajstić information content (AvgIpc) is 3.29. The predicted octanol–water partition coefficient (Wildman–Crippen LogP) is 2.66. The summed E-state index contributed by atoms with van der Waals surface area (Å²) >= 11 is 5.93. The molecule has 2 aromatic carbocycles. The number of nitrogens with one attached hydrogen (secondary N) is 1. The maximum Gasteiger partial charge on any atom is 0.265 e. The number of benzene rings is 2. The number of ether oxygens (including phenoxy) is 2. The zero-order valence-electron chi connectivity index (χ0n) is 16.2. The molecule has 0 unspecified atom stereocenters. The van der Waals surface area contributed by atoms with Gasteiger partial charge in [0.15, 0.2) is 6.10 Å². The summed E-state index contributed by atoms with van der Waals surface area (Å²) in [5.41, 5.74) is 2.77. The molecule has 2 aromatic rings. The van der Waals surface area contributed by atoms with Gasteiger partial charge in [-0.2, -0.15) is 0 Å². The quantitative estimate of drug-likeness (QED) is 0.607. The van der Waals surface area contributed by atoms with Crippen LogP contribution in [-0.2, 0) is 4.79 Å². The van der Waals surface area contributed by atoms with E-state index in [1.807, 2.05) is 0 Å². The van der Waals surface area contributed by atoms with Crippen LogP contribution < -0.4 is 19.8 Å². The van der Waals surface area contributed by atoms with Crippen molar-refractivity contribution < 1.29 is 24.2 Å². The SMILES string of the molecule is COc1ccc(ON[C@H](CO)[C@H](Oc2ccc(Cl)cc2)C(=O)N2CCCC2)cc1. The number of carbonyl (C=O) groups is 1. The van der Waals surface area contributed by atoms with Gasteiger partial charge in [0.1, 0.15) is 23.3 Å². The standard InChI is InChI=1S/C21H25ClN2O5/c1-27-16-8-10-18(11-9-16)29-23-19(14-25)20(21(26)24-12-2-3-13-24)28-17-6-4-15(22)5-7-17/h4-11,19-20,23,25H,2-3,12-14H2,1H3/t19-,20+/m1/s1. The van der Waals surface area contributed by atoms with Crippen LogP contribution in [0.4, 0.5) is 0 Å². The first-order valence-corrected chi connectivity index (χ1v) is 9.87. The van der Waals surface area contributed by atoms with Crippen LogP contribution in [0.1, 0.15) is 12.8 Å². The topological polar surface area (TPSA) is 80.3 Å². The Morgan fingerprint density at radius 1 is 1.07 bits per heavy atom. The first kappa shape index (κ1) is 21.2. The predicted molar refractivity (Wildman–Crippen MR) is 109 cm³/mol. The van der Waals surface area contributed by atoms with Crippen LogP contribution in [-0.4, -0.2) is 54.9 Å². The summed E-state index contributed by atoms with van der Waals surface area (Å²) in [5, 5.41) is 10.5. The molecule has 0 spiro atoms. The fourth-order valence-electron chi connectivity index (χ4n) is 3.06. The van der Waals surface area contributed by atoms with Crippen molar-refractivity contribution in [3.8, 4) is 17.2 Å². The van der Waals surface area contributed by atoms with Crippen LogP contribution in [0, 0.1) is 0 Å². The molecule has 1 aliphatic rings. The summed E-state index contributed by atoms with van der Waals surface area (Å²) in [5.74, 6) is 1.51. The minimum Gasteiger partial charge on any atom is -0.497 e. The number of carbonyl (C=O) groups excluding carboxylic acids is 1. The molecule has 1 heterocycles. The smallest absolute Gasteiger partial charge is 0.265 e. The number of hydroxylamine groups is 1. The van der Waals surface area contributed by atoms with Crippen LogP contribution >= 0.6 is 11.6 Å². The molecule has 1 amide bonds. The van der Waals surface area contributed by atoms with E-state index in [9.17, 15) is 9.90 Å². The molecule has 1 fully saturated rings. The van der Waals surface area contributed by atoms with Crippen molar-refractivity contribution in [2.45, 2.75) is 25.0 Å². The van der Waals surface area contributed by atoms with Gasteiger partial charge in [-0.3, -0.25) is 4.79 Å². The summed E-state index contributed by atoms with van der Waals surface area (Å²) in [6.07, 6.45) is 0.954. The first-order valence-electron chi connectivity index (χ1n) is 9.49. The van der Waals surface area contributed by atoms with Crippen LogP contribution in [0.2, 0.25) is 5.02 Å². The van der Waals surface area contributed by atoms with Gasteiger partial charge in [-0.25, -0.2) is 0 Å². The second kappa shape index (κ2) is 10.3. The molecule has 0 aromatic heterocycles. The molecule has 0 radical (unpaired) electrons. The van der Waals surface area contributed by atoms with E-state index in [4.69, 9.17) is 25.9 Å². The second-order valence-corrected chi connectivity index (χ2v) is 7.15. The molecular formula is C21H25ClN2O5. The van der Waals surface area contributed by atoms with Gasteiger partial charge in [0.2, 0.25) is 0 Å². The van der Waals surface area contributed by atoms with E-state index >= 15 is 0 Å². The summed E-state index contributed by atoms with van der Waals surface area (Å²) < 4.78 is 11.1. The number of nitrogens with zero attached hydrogens (tertiary/aromatic N) is 1. The van der Waals surface area contributed by atoms with Gasteiger partial charge in [0.05, 0.1) is 13.7 Å². The van der Waals surface area contributed by atoms with Gasteiger partial charge in [0, 0.05) is 18.1 Å². The lowest BCUT2D eigenvalue weighted by Gasteiger charge is -2.29. The number of aliphatic hydroxyl groups excluding tert-OH is 1. The molecule has 0 bridgehead atoms. The van der Waals surface area contributed by atoms with Crippen LogP contribution in [0.25, 0.3) is 0 Å². The molecular weight excluding hydrogens is 396 g/mol. The number of likely N-dealkylation sites (tertiary alicyclic amines) is 1. The highest BCUT2D eigenvalue weighted by molar-refractivity contribution is 6.30. The fourth-order valence-corrected chi connectivity index (χ4v) is 3.19. The Morgan fingerprint density at radius 2 is 1.66 bits per heavy atom. The molecule has 29 heavy (non-hydrogen) atoms. The summed E-state index contributed by atoms with van der Waals surface area (Å²) in [6, 6.07) is 12.9. The fraction of sp³-hybridized carbons (Fsp3) is 0.381. The summed E-state index contributed by atoms with van der Waals surface area (Å²) in [6.45, 7) is 1.00. The average molecular weight is 421 g/mol. The van der Waals surface area contributed by atoms with E-state index in [1.54, 1.807) is 60.5 Å². The molecule has 156 valence electrons. The van der Waals surface area contributed by atoms with Gasteiger partial charge < -0.3 is 24.3 Å². The largest absolute Gasteiger partial charge is 0.497 e. The number of halogens is 1. The Balaban J connectivity index is 1.73. The van der Waals surface area contributed by atoms with Crippen molar-refractivity contribution >= 4 is 17.5 Å². The molecule has 2 atom stereocenters. The van der Waals surface area contributed by atoms with E-state index in [0.29, 0.717) is 35.4 Å². The minimum atomic E-state index is -0.961. The van der Waals surface area contributed by atoms with E-state index in [-0.39, 0.29) is 12.5 Å². The highest BCUT2D eigenvalue weighted by Crippen LogP contribution is 2.21. The third-order valence-corrected chi connectivity index (χ3v) is 4.94. The molecule has 7 nitrogen and oxygen atoms in total. The number of rotatable bonds is 9. The van der Waals surface area contributed by atoms with E-state index in [1.165, 1.54) is 0 Å². The third kappa shape index (κ3) is 5.76. The van der Waals surface area contributed by atoms with Crippen LogP contribution in [0.3, 0.4) is 0 Å². The first-order chi connectivity index (χ1) is 14.1. The van der Waals surface area contributed by atoms with Crippen LogP contribution in [0.5, 0.6) is 17.2 Å². The molecule has 3 rings (SSSR count). The second-order valence-electron chi connectivity index (χ2n) is 6.71. The molecule has 2 N–H and O–H groups in total. The lowest BCUT2D eigenvalue weighted by molar-refractivity contribution is -0.141. The monoisotopic (exact) mass is 420 g/mol. The van der Waals surface area contributed by atoms with E-state index in [2.05, 4.69) is 5.48 Å². The maximum atomic E-state index is 13.1. The normalized spacial score (nSPS) is 15.6. The zero-order chi connectivity index (χ0) is 20.6. The van der Waals surface area contributed by atoms with Crippen molar-refractivity contribution in [2.75, 3.05) is 26.8 Å². The van der Waals surface area contributed by atoms with Gasteiger partial charge in [-0.15, -0.1) is 5.48 Å². The summed E-state index contributed by atoms with van der Waals surface area (Å²) in [7, 11) is 1.58. The number of methoxy groups -OCH3 is 1. The van der Waals surface area contributed by atoms with Gasteiger partial charge in [0.25, 0.3) is 5.91 Å². The Kier molecular flexibility index (Phi) is 7.57. The molecule has 0 saturated carbocycles. The maximum absolute atomic E-state index is 13.1. The Bertz CT molecular complexity index is 779. The highest BCUT2D eigenvalue weighted by atomic mass is 35.5. The molecule has 0 aliphatic carbocycles. The van der Waals surface area contributed by atoms with E-state index in [0.717, 1.165) is 12.8 Å². The van der Waals surface area contributed by atoms with Crippen molar-refractivity contribution in [1.82, 2.24) is 10.4 Å². The molecule has 1 aliphatic heterocycles. The number of hydrogen-bond donors (Lipinski definition) is 2. The van der Waals surface area contributed by atoms with Gasteiger partial charge >= 0.3 is 0 Å². The van der Waals surface area contributed by atoms with Crippen molar-refractivity contribution in [1.29, 1.82) is 0 Å². The number of aliphatic hydroxyl groups is 1. The Morgan fingerprint density at radius 3 is 2.24 bits per heavy atom. The van der Waals surface area contributed by atoms with Gasteiger partial charge in [-0.05, 0) is 61.4 Å². The van der Waals surface area contributed by atoms with Crippen molar-refractivity contribution in [3.63, 3.8) is 0 Å². The van der Waals surface area contributed by atoms with Crippen molar-refractivity contribution in [3.05, 3.63) is 53.6 Å². The lowest BCUT2D eigenvalue weighted by atomic mass is 10.1. The number of hydrogen-bond acceptors (Lipinski definition) is 6. The van der Waals surface area contributed by atoms with Crippen LogP contribution in [0.15, 0.2) is 48.5 Å². The Labute approximate surface area is 175 Å². The minimum absolute atomic E-state index is 0.192. The van der Waals surface area contributed by atoms with E-state index < -0.39 is 12.1 Å². The third-order valence-electron chi connectivity index (χ3n) is 4.69.